The number of imidazole rings is 2. The van der Waals surface area contributed by atoms with E-state index in [1.165, 1.54) is 6.42 Å². The van der Waals surface area contributed by atoms with Gasteiger partial charge in [0.25, 0.3) is 0 Å². The summed E-state index contributed by atoms with van der Waals surface area (Å²) in [5.41, 5.74) is 6.74. The second kappa shape index (κ2) is 18.2. The molecular formula is C51H62N8O4. The van der Waals surface area contributed by atoms with E-state index in [9.17, 15) is 19.5 Å². The lowest BCUT2D eigenvalue weighted by molar-refractivity contribution is -0.139. The Balaban J connectivity index is 0.825. The third kappa shape index (κ3) is 8.92. The van der Waals surface area contributed by atoms with Crippen LogP contribution in [0.3, 0.4) is 0 Å². The molecule has 12 heteroatoms. The number of carboxylic acid groups (broad SMARTS) is 1. The van der Waals surface area contributed by atoms with E-state index in [0.717, 1.165) is 109 Å². The zero-order valence-corrected chi connectivity index (χ0v) is 37.0. The molecule has 330 valence electrons. The third-order valence-electron chi connectivity index (χ3n) is 14.1. The van der Waals surface area contributed by atoms with Crippen molar-refractivity contribution in [1.29, 1.82) is 0 Å². The van der Waals surface area contributed by atoms with Gasteiger partial charge in [-0.15, -0.1) is 0 Å². The summed E-state index contributed by atoms with van der Waals surface area (Å²) in [6.07, 6.45) is 12.8. The van der Waals surface area contributed by atoms with Gasteiger partial charge in [0.2, 0.25) is 11.8 Å². The van der Waals surface area contributed by atoms with Crippen molar-refractivity contribution < 1.29 is 19.5 Å². The van der Waals surface area contributed by atoms with E-state index in [1.807, 2.05) is 56.3 Å². The molecule has 4 fully saturated rings. The summed E-state index contributed by atoms with van der Waals surface area (Å²) in [6, 6.07) is 26.8. The molecule has 3 N–H and O–H groups in total. The van der Waals surface area contributed by atoms with Gasteiger partial charge in [-0.25, -0.2) is 14.8 Å². The van der Waals surface area contributed by atoms with Crippen molar-refractivity contribution >= 4 is 17.9 Å². The Morgan fingerprint density at radius 1 is 0.635 bits per heavy atom. The zero-order valence-electron chi connectivity index (χ0n) is 37.0. The Hall–Kier alpha value is -5.75. The van der Waals surface area contributed by atoms with E-state index in [1.54, 1.807) is 4.90 Å². The summed E-state index contributed by atoms with van der Waals surface area (Å²) in [5.74, 6) is 1.92. The minimum absolute atomic E-state index is 0.0630. The molecule has 3 atom stereocenters. The maximum Gasteiger partial charge on any atom is 0.407 e. The van der Waals surface area contributed by atoms with E-state index in [2.05, 4.69) is 80.4 Å². The minimum Gasteiger partial charge on any atom is -0.465 e. The SMILES string of the molecule is CC(C)(C)N(C(=O)O)[C@H]1CC[C@@H](C(=O)N2CCC[C@H]2c2ncc(-c3ccc(-c4ccc(-c5cnc([C@@H]6CCCN6C(=O)[C@@H](c6ccccc6)N6CCCCC6)[nH]5)cc4)cc3)[nH]2)CC1. The molecule has 3 aliphatic heterocycles. The van der Waals surface area contributed by atoms with Crippen molar-refractivity contribution in [3.63, 3.8) is 0 Å². The Kier molecular flexibility index (Phi) is 12.3. The van der Waals surface area contributed by atoms with E-state index >= 15 is 0 Å². The Morgan fingerprint density at radius 2 is 1.14 bits per heavy atom. The fourth-order valence-electron chi connectivity index (χ4n) is 10.9. The molecule has 1 aliphatic carbocycles. The molecule has 3 aromatic carbocycles. The number of rotatable bonds is 10. The number of amides is 3. The second-order valence-corrected chi connectivity index (χ2v) is 19.1. The number of aromatic nitrogens is 4. The number of H-pyrrole nitrogens is 2. The molecule has 63 heavy (non-hydrogen) atoms. The van der Waals surface area contributed by atoms with Gasteiger partial charge in [0, 0.05) is 30.6 Å². The summed E-state index contributed by atoms with van der Waals surface area (Å²) in [5, 5.41) is 9.89. The fourth-order valence-corrected chi connectivity index (χ4v) is 10.9. The fraction of sp³-hybridized carbons (Fsp3) is 0.471. The molecule has 2 aromatic heterocycles. The first kappa shape index (κ1) is 42.5. The highest BCUT2D eigenvalue weighted by molar-refractivity contribution is 5.84. The van der Waals surface area contributed by atoms with E-state index in [0.29, 0.717) is 32.2 Å². The van der Waals surface area contributed by atoms with Crippen LogP contribution in [-0.4, -0.2) is 100 Å². The maximum atomic E-state index is 14.4. The largest absolute Gasteiger partial charge is 0.465 e. The summed E-state index contributed by atoms with van der Waals surface area (Å²) in [4.78, 5) is 65.1. The Morgan fingerprint density at radius 3 is 1.67 bits per heavy atom. The van der Waals surface area contributed by atoms with Crippen LogP contribution in [0.1, 0.15) is 127 Å². The van der Waals surface area contributed by atoms with Gasteiger partial charge in [-0.05, 0) is 126 Å². The quantitative estimate of drug-likeness (QED) is 0.127. The van der Waals surface area contributed by atoms with Crippen molar-refractivity contribution in [1.82, 2.24) is 39.5 Å². The number of likely N-dealkylation sites (tertiary alicyclic amines) is 3. The van der Waals surface area contributed by atoms with E-state index in [4.69, 9.17) is 9.97 Å². The minimum atomic E-state index is -0.891. The van der Waals surface area contributed by atoms with Gasteiger partial charge in [-0.1, -0.05) is 85.3 Å². The number of piperidine rings is 1. The smallest absolute Gasteiger partial charge is 0.407 e. The summed E-state index contributed by atoms with van der Waals surface area (Å²) in [6.45, 7) is 9.15. The molecule has 0 radical (unpaired) electrons. The van der Waals surface area contributed by atoms with Crippen molar-refractivity contribution in [2.45, 2.75) is 121 Å². The van der Waals surface area contributed by atoms with Crippen molar-refractivity contribution in [2.75, 3.05) is 26.2 Å². The van der Waals surface area contributed by atoms with E-state index < -0.39 is 11.6 Å². The van der Waals surface area contributed by atoms with Crippen molar-refractivity contribution in [3.8, 4) is 33.6 Å². The standard InChI is InChI=1S/C51H62N8O4/c1-51(2,3)59(50(62)63)40-26-24-39(25-27-40)48(60)57-30-10-14-43(57)46-52-32-41(54-46)36-20-16-34(17-21-36)35-18-22-37(23-19-35)42-33-53-47(55-42)44-15-11-31-58(44)49(61)45(38-12-6-4-7-13-38)56-28-8-5-9-29-56/h4,6-7,12-13,16-23,32-33,39-40,43-45H,5,8-11,14-15,24-31H2,1-3H3,(H,52,54)(H,53,55)(H,62,63)/t39-,40+,43-,44-,45+/m0/s1. The lowest BCUT2D eigenvalue weighted by Gasteiger charge is -2.43. The molecule has 3 amide bonds. The molecule has 5 heterocycles. The molecule has 5 aromatic rings. The number of carbonyl (C=O) groups is 3. The normalized spacial score (nSPS) is 22.6. The van der Waals surface area contributed by atoms with Gasteiger partial charge in [0.05, 0.1) is 35.9 Å². The number of carbonyl (C=O) groups excluding carboxylic acids is 2. The number of nitrogens with one attached hydrogen (secondary N) is 2. The zero-order chi connectivity index (χ0) is 43.7. The van der Waals surface area contributed by atoms with Crippen molar-refractivity contribution in [2.24, 2.45) is 5.92 Å². The number of aromatic amines is 2. The molecule has 0 spiro atoms. The first-order valence-electron chi connectivity index (χ1n) is 23.3. The highest BCUT2D eigenvalue weighted by atomic mass is 16.4. The Bertz CT molecular complexity index is 2350. The van der Waals surface area contributed by atoms with Gasteiger partial charge < -0.3 is 29.8 Å². The second-order valence-electron chi connectivity index (χ2n) is 19.1. The van der Waals surface area contributed by atoms with Gasteiger partial charge in [-0.3, -0.25) is 14.5 Å². The maximum absolute atomic E-state index is 14.4. The van der Waals surface area contributed by atoms with Crippen LogP contribution in [0, 0.1) is 5.92 Å². The average molecular weight is 851 g/mol. The van der Waals surface area contributed by atoms with Crippen LogP contribution in [-0.2, 0) is 9.59 Å². The lowest BCUT2D eigenvalue weighted by atomic mass is 9.83. The molecule has 3 saturated heterocycles. The van der Waals surface area contributed by atoms with Gasteiger partial charge >= 0.3 is 6.09 Å². The number of hydrogen-bond acceptors (Lipinski definition) is 6. The van der Waals surface area contributed by atoms with Gasteiger partial charge in [0.15, 0.2) is 0 Å². The van der Waals surface area contributed by atoms with Gasteiger partial charge in [-0.2, -0.15) is 0 Å². The van der Waals surface area contributed by atoms with Crippen LogP contribution in [0.15, 0.2) is 91.3 Å². The first-order valence-corrected chi connectivity index (χ1v) is 23.3. The molecule has 0 bridgehead atoms. The highest BCUT2D eigenvalue weighted by Crippen LogP contribution is 2.39. The third-order valence-corrected chi connectivity index (χ3v) is 14.1. The topological polar surface area (TPSA) is 142 Å². The van der Waals surface area contributed by atoms with Gasteiger partial charge in [0.1, 0.15) is 17.7 Å². The summed E-state index contributed by atoms with van der Waals surface area (Å²) < 4.78 is 0. The number of benzene rings is 3. The van der Waals surface area contributed by atoms with Crippen molar-refractivity contribution in [3.05, 3.63) is 108 Å². The van der Waals surface area contributed by atoms with Crippen LogP contribution in [0.4, 0.5) is 4.79 Å². The molecule has 1 saturated carbocycles. The van der Waals surface area contributed by atoms with Crippen LogP contribution < -0.4 is 0 Å². The van der Waals surface area contributed by atoms with E-state index in [-0.39, 0.29) is 41.9 Å². The molecular weight excluding hydrogens is 789 g/mol. The van der Waals surface area contributed by atoms with Crippen LogP contribution in [0.25, 0.3) is 33.6 Å². The lowest BCUT2D eigenvalue weighted by Crippen LogP contribution is -2.52. The molecule has 0 unspecified atom stereocenters. The predicted molar refractivity (Wildman–Crippen MR) is 244 cm³/mol. The summed E-state index contributed by atoms with van der Waals surface area (Å²) >= 11 is 0. The molecule has 4 aliphatic rings. The van der Waals surface area contributed by atoms with Crippen LogP contribution >= 0.6 is 0 Å². The monoisotopic (exact) mass is 850 g/mol. The van der Waals surface area contributed by atoms with Crippen LogP contribution in [0.2, 0.25) is 0 Å². The first-order chi connectivity index (χ1) is 30.5. The predicted octanol–water partition coefficient (Wildman–Crippen LogP) is 10.0. The summed E-state index contributed by atoms with van der Waals surface area (Å²) in [7, 11) is 0. The Labute approximate surface area is 371 Å². The number of nitrogens with zero attached hydrogens (tertiary/aromatic N) is 6. The molecule has 9 rings (SSSR count). The number of hydrogen-bond donors (Lipinski definition) is 3. The molecule has 12 nitrogen and oxygen atoms in total. The highest BCUT2D eigenvalue weighted by Gasteiger charge is 2.41. The van der Waals surface area contributed by atoms with Crippen LogP contribution in [0.5, 0.6) is 0 Å². The average Bonchev–Trinajstić information content (AvgIpc) is 4.14.